The van der Waals surface area contributed by atoms with E-state index in [1.54, 1.807) is 13.8 Å². The molecule has 1 fully saturated rings. The first-order valence-corrected chi connectivity index (χ1v) is 4.01. The Labute approximate surface area is 75.9 Å². The summed E-state index contributed by atoms with van der Waals surface area (Å²) in [4.78, 5) is 0. The van der Waals surface area contributed by atoms with Crippen molar-refractivity contribution in [2.24, 2.45) is 0 Å². The number of ether oxygens (including phenoxy) is 1. The number of allylic oxidation sites excluding steroid dienone is 1. The van der Waals surface area contributed by atoms with Crippen LogP contribution in [0.3, 0.4) is 0 Å². The van der Waals surface area contributed by atoms with E-state index in [4.69, 9.17) is 14.9 Å². The summed E-state index contributed by atoms with van der Waals surface area (Å²) in [5.74, 6) is -0.150. The second kappa shape index (κ2) is 3.63. The number of aliphatic hydroxyl groups excluding tert-OH is 4. The molecule has 0 bridgehead atoms. The Kier molecular flexibility index (Phi) is 2.92. The molecule has 5 heteroatoms. The lowest BCUT2D eigenvalue weighted by atomic mass is 10.1. The highest BCUT2D eigenvalue weighted by molar-refractivity contribution is 5.11. The molecule has 13 heavy (non-hydrogen) atoms. The lowest BCUT2D eigenvalue weighted by molar-refractivity contribution is -0.125. The molecule has 1 rings (SSSR count). The number of aliphatic hydroxyl groups is 4. The van der Waals surface area contributed by atoms with Gasteiger partial charge in [-0.3, -0.25) is 0 Å². The van der Waals surface area contributed by atoms with E-state index < -0.39 is 24.6 Å². The van der Waals surface area contributed by atoms with Gasteiger partial charge in [0.15, 0.2) is 6.29 Å². The standard InChI is InChI=1S/C8H14O5/c1-3(2)4(9)7-5(10)6(11)8(12)13-7/h5-12H,1-2H3/t5-,6+,7+,8+/m1/s1. The van der Waals surface area contributed by atoms with Crippen molar-refractivity contribution in [1.82, 2.24) is 0 Å². The maximum atomic E-state index is 9.40. The Morgan fingerprint density at radius 3 is 1.92 bits per heavy atom. The first kappa shape index (κ1) is 10.5. The molecule has 76 valence electrons. The SMILES string of the molecule is CC(C)=C(O)[C@@H]1O[C@H](O)[C@@H](O)[C@H]1O. The largest absolute Gasteiger partial charge is 0.510 e. The van der Waals surface area contributed by atoms with Crippen LogP contribution in [0.5, 0.6) is 0 Å². The topological polar surface area (TPSA) is 90.2 Å². The lowest BCUT2D eigenvalue weighted by Gasteiger charge is -2.14. The molecule has 1 saturated heterocycles. The van der Waals surface area contributed by atoms with E-state index in [9.17, 15) is 10.2 Å². The molecule has 0 spiro atoms. The highest BCUT2D eigenvalue weighted by atomic mass is 16.6. The van der Waals surface area contributed by atoms with Crippen molar-refractivity contribution in [1.29, 1.82) is 0 Å². The van der Waals surface area contributed by atoms with Crippen LogP contribution in [0.25, 0.3) is 0 Å². The molecular formula is C8H14O5. The summed E-state index contributed by atoms with van der Waals surface area (Å²) in [6.45, 7) is 3.28. The smallest absolute Gasteiger partial charge is 0.184 e. The van der Waals surface area contributed by atoms with Crippen LogP contribution < -0.4 is 0 Å². The van der Waals surface area contributed by atoms with E-state index in [0.717, 1.165) is 0 Å². The molecule has 4 atom stereocenters. The van der Waals surface area contributed by atoms with Crippen molar-refractivity contribution in [3.8, 4) is 0 Å². The Balaban J connectivity index is 2.80. The molecule has 0 aromatic carbocycles. The summed E-state index contributed by atoms with van der Waals surface area (Å²) in [6, 6.07) is 0. The summed E-state index contributed by atoms with van der Waals surface area (Å²) in [5.41, 5.74) is 0.574. The molecule has 0 aromatic rings. The summed E-state index contributed by atoms with van der Waals surface area (Å²) < 4.78 is 4.76. The molecule has 0 radical (unpaired) electrons. The van der Waals surface area contributed by atoms with Gasteiger partial charge in [0.25, 0.3) is 0 Å². The van der Waals surface area contributed by atoms with E-state index in [0.29, 0.717) is 5.57 Å². The predicted molar refractivity (Wildman–Crippen MR) is 43.9 cm³/mol. The fourth-order valence-electron chi connectivity index (χ4n) is 1.17. The average Bonchev–Trinajstić information content (AvgIpc) is 2.31. The molecule has 1 aliphatic rings. The van der Waals surface area contributed by atoms with Crippen LogP contribution in [0, 0.1) is 0 Å². The van der Waals surface area contributed by atoms with Gasteiger partial charge in [0.05, 0.1) is 0 Å². The molecule has 1 aliphatic heterocycles. The average molecular weight is 190 g/mol. The van der Waals surface area contributed by atoms with Gasteiger partial charge in [0, 0.05) is 0 Å². The third-order valence-electron chi connectivity index (χ3n) is 2.02. The highest BCUT2D eigenvalue weighted by Gasteiger charge is 2.44. The first-order chi connectivity index (χ1) is 5.95. The third kappa shape index (κ3) is 1.83. The van der Waals surface area contributed by atoms with E-state index in [1.165, 1.54) is 0 Å². The minimum Gasteiger partial charge on any atom is -0.510 e. The van der Waals surface area contributed by atoms with Crippen LogP contribution in [0.1, 0.15) is 13.8 Å². The van der Waals surface area contributed by atoms with Gasteiger partial charge in [0.1, 0.15) is 24.1 Å². The minimum absolute atomic E-state index is 0.150. The van der Waals surface area contributed by atoms with Gasteiger partial charge in [-0.25, -0.2) is 0 Å². The van der Waals surface area contributed by atoms with Gasteiger partial charge >= 0.3 is 0 Å². The van der Waals surface area contributed by atoms with Crippen molar-refractivity contribution in [2.75, 3.05) is 0 Å². The zero-order valence-electron chi connectivity index (χ0n) is 7.51. The van der Waals surface area contributed by atoms with E-state index >= 15 is 0 Å². The Hall–Kier alpha value is -0.620. The fourth-order valence-corrected chi connectivity index (χ4v) is 1.17. The molecule has 4 N–H and O–H groups in total. The van der Waals surface area contributed by atoms with Crippen molar-refractivity contribution in [2.45, 2.75) is 38.4 Å². The van der Waals surface area contributed by atoms with Crippen molar-refractivity contribution >= 4 is 0 Å². The van der Waals surface area contributed by atoms with Gasteiger partial charge in [-0.2, -0.15) is 0 Å². The normalized spacial score (nSPS) is 39.2. The molecule has 0 unspecified atom stereocenters. The molecule has 0 saturated carbocycles. The molecular weight excluding hydrogens is 176 g/mol. The zero-order chi connectivity index (χ0) is 10.2. The Morgan fingerprint density at radius 2 is 1.62 bits per heavy atom. The van der Waals surface area contributed by atoms with Gasteiger partial charge in [0.2, 0.25) is 0 Å². The number of hydrogen-bond acceptors (Lipinski definition) is 5. The molecule has 0 aromatic heterocycles. The highest BCUT2D eigenvalue weighted by Crippen LogP contribution is 2.25. The van der Waals surface area contributed by atoms with Gasteiger partial charge in [-0.05, 0) is 19.4 Å². The van der Waals surface area contributed by atoms with Gasteiger partial charge in [-0.1, -0.05) is 0 Å². The van der Waals surface area contributed by atoms with Crippen LogP contribution >= 0.6 is 0 Å². The predicted octanol–water partition coefficient (Wildman–Crippen LogP) is -0.723. The number of rotatable bonds is 1. The van der Waals surface area contributed by atoms with Crippen LogP contribution in [0.15, 0.2) is 11.3 Å². The van der Waals surface area contributed by atoms with Crippen LogP contribution in [0.4, 0.5) is 0 Å². The van der Waals surface area contributed by atoms with Crippen LogP contribution in [-0.2, 0) is 4.74 Å². The molecule has 5 nitrogen and oxygen atoms in total. The maximum absolute atomic E-state index is 9.40. The van der Waals surface area contributed by atoms with Crippen molar-refractivity contribution in [3.05, 3.63) is 11.3 Å². The van der Waals surface area contributed by atoms with Crippen LogP contribution in [-0.4, -0.2) is 45.0 Å². The lowest BCUT2D eigenvalue weighted by Crippen LogP contribution is -2.33. The van der Waals surface area contributed by atoms with Crippen LogP contribution in [0.2, 0.25) is 0 Å². The Bertz CT molecular complexity index is 221. The quantitative estimate of drug-likeness (QED) is 0.409. The summed E-state index contributed by atoms with van der Waals surface area (Å²) >= 11 is 0. The summed E-state index contributed by atoms with van der Waals surface area (Å²) in [5, 5.41) is 36.8. The van der Waals surface area contributed by atoms with E-state index in [-0.39, 0.29) is 5.76 Å². The zero-order valence-corrected chi connectivity index (χ0v) is 7.51. The monoisotopic (exact) mass is 190 g/mol. The second-order valence-corrected chi connectivity index (χ2v) is 3.31. The van der Waals surface area contributed by atoms with E-state index in [2.05, 4.69) is 0 Å². The fraction of sp³-hybridized carbons (Fsp3) is 0.750. The second-order valence-electron chi connectivity index (χ2n) is 3.31. The Morgan fingerprint density at radius 1 is 1.08 bits per heavy atom. The maximum Gasteiger partial charge on any atom is 0.184 e. The minimum atomic E-state index is -1.44. The summed E-state index contributed by atoms with van der Waals surface area (Å²) in [7, 11) is 0. The first-order valence-electron chi connectivity index (χ1n) is 4.01. The third-order valence-corrected chi connectivity index (χ3v) is 2.02. The van der Waals surface area contributed by atoms with Gasteiger partial charge in [-0.15, -0.1) is 0 Å². The molecule has 0 aliphatic carbocycles. The van der Waals surface area contributed by atoms with Crippen molar-refractivity contribution in [3.63, 3.8) is 0 Å². The van der Waals surface area contributed by atoms with Gasteiger partial charge < -0.3 is 25.2 Å². The summed E-state index contributed by atoms with van der Waals surface area (Å²) in [6.07, 6.45) is -5.13. The molecule has 1 heterocycles. The number of hydrogen-bond donors (Lipinski definition) is 4. The molecule has 0 amide bonds. The van der Waals surface area contributed by atoms with E-state index in [1.807, 2.05) is 0 Å². The van der Waals surface area contributed by atoms with Crippen molar-refractivity contribution < 1.29 is 25.2 Å².